The van der Waals surface area contributed by atoms with Crippen molar-refractivity contribution in [2.45, 2.75) is 25.0 Å². The average Bonchev–Trinajstić information content (AvgIpc) is 3.53. The molecular weight excluding hydrogens is 416 g/mol. The molecule has 1 fully saturated rings. The van der Waals surface area contributed by atoms with Crippen LogP contribution in [0.15, 0.2) is 89.3 Å². The monoisotopic (exact) mass is 440 g/mol. The highest BCUT2D eigenvalue weighted by Gasteiger charge is 2.24. The van der Waals surface area contributed by atoms with E-state index in [-0.39, 0.29) is 11.8 Å². The third-order valence-electron chi connectivity index (χ3n) is 5.75. The first-order valence-electron chi connectivity index (χ1n) is 11.0. The first-order valence-corrected chi connectivity index (χ1v) is 11.0. The maximum atomic E-state index is 13.2. The number of carbonyl (C=O) groups is 2. The zero-order chi connectivity index (χ0) is 22.6. The number of ether oxygens (including phenoxy) is 1. The van der Waals surface area contributed by atoms with E-state index in [0.29, 0.717) is 30.0 Å². The number of anilines is 1. The van der Waals surface area contributed by atoms with Crippen molar-refractivity contribution in [3.63, 3.8) is 0 Å². The summed E-state index contributed by atoms with van der Waals surface area (Å²) in [7, 11) is 0. The van der Waals surface area contributed by atoms with Crippen molar-refractivity contribution in [3.05, 3.63) is 102 Å². The number of nitrogens with one attached hydrogen (secondary N) is 2. The third kappa shape index (κ3) is 4.66. The summed E-state index contributed by atoms with van der Waals surface area (Å²) in [5.41, 5.74) is 2.68. The van der Waals surface area contributed by atoms with Gasteiger partial charge < -0.3 is 19.8 Å². The number of hydrogen-bond acceptors (Lipinski definition) is 4. The maximum absolute atomic E-state index is 13.2. The number of amides is 2. The molecule has 166 valence electrons. The Hall–Kier alpha value is -3.90. The summed E-state index contributed by atoms with van der Waals surface area (Å²) >= 11 is 0. The van der Waals surface area contributed by atoms with Crippen molar-refractivity contribution in [2.75, 3.05) is 11.9 Å². The van der Waals surface area contributed by atoms with Crippen molar-refractivity contribution < 1.29 is 18.7 Å². The lowest BCUT2D eigenvalue weighted by Crippen LogP contribution is -2.29. The van der Waals surface area contributed by atoms with E-state index in [4.69, 9.17) is 9.15 Å². The van der Waals surface area contributed by atoms with Crippen LogP contribution in [0.2, 0.25) is 0 Å². The smallest absolute Gasteiger partial charge is 0.253 e. The molecule has 2 N–H and O–H groups in total. The number of benzene rings is 3. The zero-order valence-electron chi connectivity index (χ0n) is 18.0. The quantitative estimate of drug-likeness (QED) is 0.439. The van der Waals surface area contributed by atoms with Crippen molar-refractivity contribution in [2.24, 2.45) is 0 Å². The van der Waals surface area contributed by atoms with Gasteiger partial charge in [-0.3, -0.25) is 9.59 Å². The van der Waals surface area contributed by atoms with Crippen LogP contribution in [-0.2, 0) is 9.53 Å². The van der Waals surface area contributed by atoms with E-state index in [1.807, 2.05) is 60.7 Å². The Labute approximate surface area is 191 Å². The molecule has 0 bridgehead atoms. The topological polar surface area (TPSA) is 80.6 Å². The molecule has 1 saturated heterocycles. The molecule has 33 heavy (non-hydrogen) atoms. The molecule has 0 unspecified atom stereocenters. The van der Waals surface area contributed by atoms with Gasteiger partial charge in [0.15, 0.2) is 0 Å². The number of fused-ring (bicyclic) bond motifs is 1. The van der Waals surface area contributed by atoms with Gasteiger partial charge in [0.1, 0.15) is 23.5 Å². The molecule has 1 aliphatic rings. The van der Waals surface area contributed by atoms with Gasteiger partial charge in [-0.1, -0.05) is 54.6 Å². The Kier molecular flexibility index (Phi) is 5.91. The van der Waals surface area contributed by atoms with Crippen LogP contribution in [0.4, 0.5) is 5.69 Å². The number of furan rings is 1. The van der Waals surface area contributed by atoms with Crippen LogP contribution >= 0.6 is 0 Å². The van der Waals surface area contributed by atoms with E-state index < -0.39 is 12.1 Å². The van der Waals surface area contributed by atoms with Gasteiger partial charge in [0.05, 0.1) is 0 Å². The number of para-hydroxylation sites is 1. The highest BCUT2D eigenvalue weighted by atomic mass is 16.5. The van der Waals surface area contributed by atoms with Gasteiger partial charge in [-0.25, -0.2) is 0 Å². The number of hydrogen-bond donors (Lipinski definition) is 2. The second-order valence-electron chi connectivity index (χ2n) is 8.08. The molecule has 0 spiro atoms. The molecule has 1 aromatic heterocycles. The Morgan fingerprint density at radius 1 is 0.909 bits per heavy atom. The van der Waals surface area contributed by atoms with Crippen molar-refractivity contribution >= 4 is 28.5 Å². The summed E-state index contributed by atoms with van der Waals surface area (Å²) in [6.45, 7) is 0.600. The summed E-state index contributed by atoms with van der Waals surface area (Å²) in [5.74, 6) is 0.200. The second kappa shape index (κ2) is 9.30. The van der Waals surface area contributed by atoms with E-state index in [1.54, 1.807) is 24.3 Å². The normalized spacial score (nSPS) is 16.4. The van der Waals surface area contributed by atoms with Crippen LogP contribution < -0.4 is 10.6 Å². The van der Waals surface area contributed by atoms with Gasteiger partial charge >= 0.3 is 0 Å². The Bertz CT molecular complexity index is 1240. The van der Waals surface area contributed by atoms with E-state index in [0.717, 1.165) is 23.0 Å². The number of rotatable bonds is 6. The second-order valence-corrected chi connectivity index (χ2v) is 8.08. The van der Waals surface area contributed by atoms with E-state index >= 15 is 0 Å². The van der Waals surface area contributed by atoms with Crippen molar-refractivity contribution in [1.82, 2.24) is 5.32 Å². The molecule has 0 radical (unpaired) electrons. The lowest BCUT2D eigenvalue weighted by Gasteiger charge is -2.18. The van der Waals surface area contributed by atoms with Gasteiger partial charge in [0, 0.05) is 23.2 Å². The summed E-state index contributed by atoms with van der Waals surface area (Å²) in [5, 5.41) is 6.92. The number of carbonyl (C=O) groups excluding carboxylic acids is 2. The van der Waals surface area contributed by atoms with Gasteiger partial charge in [0.25, 0.3) is 11.8 Å². The van der Waals surface area contributed by atoms with Crippen LogP contribution in [0.25, 0.3) is 11.0 Å². The van der Waals surface area contributed by atoms with E-state index in [9.17, 15) is 9.59 Å². The fraction of sp³-hybridized carbons (Fsp3) is 0.185. The lowest BCUT2D eigenvalue weighted by atomic mass is 10.0. The molecule has 0 saturated carbocycles. The van der Waals surface area contributed by atoms with Gasteiger partial charge in [0.2, 0.25) is 0 Å². The summed E-state index contributed by atoms with van der Waals surface area (Å²) in [6.07, 6.45) is 1.16. The minimum absolute atomic E-state index is 0.186. The molecule has 5 rings (SSSR count). The minimum atomic E-state index is -0.462. The van der Waals surface area contributed by atoms with Crippen LogP contribution in [-0.4, -0.2) is 24.5 Å². The first kappa shape index (κ1) is 21.0. The van der Waals surface area contributed by atoms with Crippen molar-refractivity contribution in [1.29, 1.82) is 0 Å². The Morgan fingerprint density at radius 3 is 2.52 bits per heavy atom. The van der Waals surface area contributed by atoms with Crippen LogP contribution in [0.3, 0.4) is 0 Å². The van der Waals surface area contributed by atoms with Gasteiger partial charge in [-0.05, 0) is 48.7 Å². The summed E-state index contributed by atoms with van der Waals surface area (Å²) in [6, 6.07) is 25.8. The molecule has 2 atom stereocenters. The third-order valence-corrected chi connectivity index (χ3v) is 5.75. The highest BCUT2D eigenvalue weighted by Crippen LogP contribution is 2.29. The van der Waals surface area contributed by atoms with Gasteiger partial charge in [-0.15, -0.1) is 0 Å². The fourth-order valence-electron chi connectivity index (χ4n) is 4.07. The van der Waals surface area contributed by atoms with E-state index in [1.165, 1.54) is 0 Å². The largest absolute Gasteiger partial charge is 0.459 e. The lowest BCUT2D eigenvalue weighted by molar-refractivity contribution is -0.124. The molecule has 2 heterocycles. The van der Waals surface area contributed by atoms with Crippen LogP contribution in [0.5, 0.6) is 0 Å². The summed E-state index contributed by atoms with van der Waals surface area (Å²) < 4.78 is 11.5. The van der Waals surface area contributed by atoms with Crippen LogP contribution in [0, 0.1) is 0 Å². The molecule has 1 aliphatic heterocycles. The van der Waals surface area contributed by atoms with Gasteiger partial charge in [-0.2, -0.15) is 0 Å². The predicted octanol–water partition coefficient (Wildman–Crippen LogP) is 5.07. The standard InChI is InChI=1S/C27H24N2O4/c30-26(20-11-6-12-21(16-20)28-27(31)23-14-7-15-32-23)29-25(18-8-2-1-3-9-18)24-17-19-10-4-5-13-22(19)33-24/h1-6,8-13,16-17,23,25H,7,14-15H2,(H,28,31)(H,29,30)/t23-,25+/m0/s1. The molecule has 6 heteroatoms. The first-order chi connectivity index (χ1) is 16.2. The average molecular weight is 440 g/mol. The van der Waals surface area contributed by atoms with Crippen molar-refractivity contribution in [3.8, 4) is 0 Å². The van der Waals surface area contributed by atoms with E-state index in [2.05, 4.69) is 10.6 Å². The molecular formula is C27H24N2O4. The predicted molar refractivity (Wildman–Crippen MR) is 126 cm³/mol. The molecule has 6 nitrogen and oxygen atoms in total. The molecule has 3 aromatic carbocycles. The molecule has 2 amide bonds. The Balaban J connectivity index is 1.39. The minimum Gasteiger partial charge on any atom is -0.459 e. The maximum Gasteiger partial charge on any atom is 0.253 e. The zero-order valence-corrected chi connectivity index (χ0v) is 18.0. The fourth-order valence-corrected chi connectivity index (χ4v) is 4.07. The summed E-state index contributed by atoms with van der Waals surface area (Å²) in [4.78, 5) is 25.6. The highest BCUT2D eigenvalue weighted by molar-refractivity contribution is 5.98. The SMILES string of the molecule is O=C(N[C@H](c1ccccc1)c1cc2ccccc2o1)c1cccc(NC(=O)[C@@H]2CCCO2)c1. The van der Waals surface area contributed by atoms with Crippen LogP contribution in [0.1, 0.15) is 40.6 Å². The molecule has 4 aromatic rings. The molecule has 0 aliphatic carbocycles. The Morgan fingerprint density at radius 2 is 1.73 bits per heavy atom.